The van der Waals surface area contributed by atoms with E-state index in [-0.39, 0.29) is 24.0 Å². The lowest BCUT2D eigenvalue weighted by atomic mass is 10.1. The lowest BCUT2D eigenvalue weighted by Gasteiger charge is -2.30. The lowest BCUT2D eigenvalue weighted by molar-refractivity contribution is -0.120. The Morgan fingerprint density at radius 3 is 2.55 bits per heavy atom. The fourth-order valence-electron chi connectivity index (χ4n) is 4.69. The number of hydrogen-bond donors (Lipinski definition) is 2. The molecule has 0 aliphatic carbocycles. The highest BCUT2D eigenvalue weighted by atomic mass is 16.2. The Morgan fingerprint density at radius 2 is 1.77 bits per heavy atom. The van der Waals surface area contributed by atoms with Gasteiger partial charge in [0.15, 0.2) is 0 Å². The number of benzene rings is 2. The molecule has 31 heavy (non-hydrogen) atoms. The van der Waals surface area contributed by atoms with E-state index in [4.69, 9.17) is 0 Å². The number of carbonyl (C=O) groups excluding carboxylic acids is 2. The first-order valence-corrected chi connectivity index (χ1v) is 11.2. The molecule has 0 saturated carbocycles. The largest absolute Gasteiger partial charge is 0.354 e. The van der Waals surface area contributed by atoms with E-state index in [0.717, 1.165) is 36.2 Å². The summed E-state index contributed by atoms with van der Waals surface area (Å²) in [4.78, 5) is 29.7. The molecule has 0 unspecified atom stereocenters. The first kappa shape index (κ1) is 21.4. The third-order valence-electron chi connectivity index (χ3n) is 6.20. The zero-order valence-electron chi connectivity index (χ0n) is 18.4. The molecule has 164 valence electrons. The van der Waals surface area contributed by atoms with Crippen molar-refractivity contribution in [2.45, 2.75) is 57.8 Å². The van der Waals surface area contributed by atoms with E-state index in [1.165, 1.54) is 0 Å². The summed E-state index contributed by atoms with van der Waals surface area (Å²) in [6, 6.07) is 18.6. The van der Waals surface area contributed by atoms with Crippen molar-refractivity contribution >= 4 is 17.6 Å². The van der Waals surface area contributed by atoms with Gasteiger partial charge in [-0.3, -0.25) is 14.6 Å². The van der Waals surface area contributed by atoms with Gasteiger partial charge in [-0.05, 0) is 43.9 Å². The summed E-state index contributed by atoms with van der Waals surface area (Å²) in [6.07, 6.45) is 2.46. The van der Waals surface area contributed by atoms with E-state index < -0.39 is 0 Å². The van der Waals surface area contributed by atoms with E-state index in [1.54, 1.807) is 0 Å². The van der Waals surface area contributed by atoms with Gasteiger partial charge in [-0.15, -0.1) is 0 Å². The zero-order valence-corrected chi connectivity index (χ0v) is 18.4. The Hall–Kier alpha value is -2.86. The summed E-state index contributed by atoms with van der Waals surface area (Å²) < 4.78 is 0. The number of nitrogens with zero attached hydrogens (tertiary/aromatic N) is 2. The van der Waals surface area contributed by atoms with Crippen LogP contribution in [0.3, 0.4) is 0 Å². The van der Waals surface area contributed by atoms with Gasteiger partial charge in [0.2, 0.25) is 5.91 Å². The van der Waals surface area contributed by atoms with E-state index >= 15 is 0 Å². The molecule has 1 saturated heterocycles. The summed E-state index contributed by atoms with van der Waals surface area (Å²) in [7, 11) is 0. The number of carbonyl (C=O) groups is 2. The van der Waals surface area contributed by atoms with Gasteiger partial charge in [-0.25, -0.2) is 4.79 Å². The van der Waals surface area contributed by atoms with Gasteiger partial charge in [0.05, 0.1) is 6.42 Å². The minimum atomic E-state index is -0.0380. The van der Waals surface area contributed by atoms with Crippen molar-refractivity contribution in [3.63, 3.8) is 0 Å². The van der Waals surface area contributed by atoms with Crippen molar-refractivity contribution in [2.24, 2.45) is 0 Å². The minimum absolute atomic E-state index is 0.0380. The average Bonchev–Trinajstić information content (AvgIpc) is 3.03. The van der Waals surface area contributed by atoms with Gasteiger partial charge in [0.25, 0.3) is 0 Å². The summed E-state index contributed by atoms with van der Waals surface area (Å²) in [5.41, 5.74) is 3.17. The van der Waals surface area contributed by atoms with E-state index in [9.17, 15) is 9.59 Å². The van der Waals surface area contributed by atoms with Crippen LogP contribution in [0.1, 0.15) is 37.8 Å². The summed E-state index contributed by atoms with van der Waals surface area (Å²) in [6.45, 7) is 6.08. The first-order chi connectivity index (χ1) is 15.0. The predicted molar refractivity (Wildman–Crippen MR) is 123 cm³/mol. The summed E-state index contributed by atoms with van der Waals surface area (Å²) in [5, 5.41) is 6.18. The molecule has 4 rings (SSSR count). The normalized spacial score (nSPS) is 20.7. The second-order valence-electron chi connectivity index (χ2n) is 8.87. The monoisotopic (exact) mass is 420 g/mol. The third-order valence-corrected chi connectivity index (χ3v) is 6.20. The Balaban J connectivity index is 1.44. The summed E-state index contributed by atoms with van der Waals surface area (Å²) in [5.74, 6) is 0.0582. The number of para-hydroxylation sites is 1. The van der Waals surface area contributed by atoms with Crippen LogP contribution in [0.5, 0.6) is 0 Å². The molecule has 2 heterocycles. The van der Waals surface area contributed by atoms with Crippen molar-refractivity contribution in [3.8, 4) is 0 Å². The molecule has 3 amide bonds. The molecule has 2 atom stereocenters. The predicted octanol–water partition coefficient (Wildman–Crippen LogP) is 3.32. The molecular weight excluding hydrogens is 388 g/mol. The highest BCUT2D eigenvalue weighted by Gasteiger charge is 2.38. The Kier molecular flexibility index (Phi) is 6.56. The van der Waals surface area contributed by atoms with Crippen LogP contribution >= 0.6 is 0 Å². The van der Waals surface area contributed by atoms with Gasteiger partial charge >= 0.3 is 6.03 Å². The van der Waals surface area contributed by atoms with Crippen LogP contribution in [0.4, 0.5) is 10.5 Å². The molecule has 2 aromatic carbocycles. The molecule has 2 aliphatic heterocycles. The van der Waals surface area contributed by atoms with Crippen LogP contribution in [0, 0.1) is 0 Å². The standard InChI is InChI=1S/C25H32N4O2/c1-18(2)27-25(31)29-17-22-13-12-21(28(22)16-20-10-6-7-11-23(20)29)15-26-24(30)14-19-8-4-3-5-9-19/h3-11,18,21-22H,12-17H2,1-2H3,(H,26,30)(H,27,31)/t21-,22+/m0/s1. The third kappa shape index (κ3) is 5.07. The molecule has 2 aliphatic rings. The molecule has 6 nitrogen and oxygen atoms in total. The van der Waals surface area contributed by atoms with Crippen molar-refractivity contribution in [3.05, 3.63) is 65.7 Å². The van der Waals surface area contributed by atoms with Crippen molar-refractivity contribution in [2.75, 3.05) is 18.0 Å². The van der Waals surface area contributed by atoms with Gasteiger partial charge in [0, 0.05) is 43.4 Å². The molecule has 0 spiro atoms. The number of amides is 3. The van der Waals surface area contributed by atoms with Gasteiger partial charge in [-0.2, -0.15) is 0 Å². The van der Waals surface area contributed by atoms with E-state index in [0.29, 0.717) is 25.6 Å². The maximum atomic E-state index is 12.9. The fraction of sp³-hybridized carbons (Fsp3) is 0.440. The quantitative estimate of drug-likeness (QED) is 0.780. The molecular formula is C25H32N4O2. The van der Waals surface area contributed by atoms with Crippen molar-refractivity contribution in [1.29, 1.82) is 0 Å². The number of nitrogens with one attached hydrogen (secondary N) is 2. The van der Waals surface area contributed by atoms with Crippen LogP contribution in [0.15, 0.2) is 54.6 Å². The van der Waals surface area contributed by atoms with Gasteiger partial charge in [0.1, 0.15) is 0 Å². The first-order valence-electron chi connectivity index (χ1n) is 11.2. The topological polar surface area (TPSA) is 64.7 Å². The highest BCUT2D eigenvalue weighted by Crippen LogP contribution is 2.34. The second kappa shape index (κ2) is 9.52. The van der Waals surface area contributed by atoms with Gasteiger partial charge < -0.3 is 10.6 Å². The lowest BCUT2D eigenvalue weighted by Crippen LogP contribution is -2.49. The van der Waals surface area contributed by atoms with Crippen LogP contribution < -0.4 is 15.5 Å². The molecule has 0 aromatic heterocycles. The van der Waals surface area contributed by atoms with E-state index in [2.05, 4.69) is 21.6 Å². The van der Waals surface area contributed by atoms with Crippen LogP contribution in [0.2, 0.25) is 0 Å². The Bertz CT molecular complexity index is 915. The van der Waals surface area contributed by atoms with Gasteiger partial charge in [-0.1, -0.05) is 48.5 Å². The van der Waals surface area contributed by atoms with Crippen molar-refractivity contribution in [1.82, 2.24) is 15.5 Å². The van der Waals surface area contributed by atoms with E-state index in [1.807, 2.05) is 67.3 Å². The molecule has 6 heteroatoms. The number of urea groups is 1. The van der Waals surface area contributed by atoms with Crippen molar-refractivity contribution < 1.29 is 9.59 Å². The molecule has 2 N–H and O–H groups in total. The average molecular weight is 421 g/mol. The Labute approximate surface area is 184 Å². The maximum absolute atomic E-state index is 12.9. The molecule has 1 fully saturated rings. The fourth-order valence-corrected chi connectivity index (χ4v) is 4.69. The highest BCUT2D eigenvalue weighted by molar-refractivity contribution is 5.93. The minimum Gasteiger partial charge on any atom is -0.354 e. The van der Waals surface area contributed by atoms with Crippen LogP contribution in [-0.2, 0) is 17.8 Å². The number of hydrogen-bond acceptors (Lipinski definition) is 3. The number of rotatable bonds is 5. The number of anilines is 1. The second-order valence-corrected chi connectivity index (χ2v) is 8.87. The zero-order chi connectivity index (χ0) is 21.8. The SMILES string of the molecule is CC(C)NC(=O)N1C[C@H]2CC[C@@H](CNC(=O)Cc3ccccc3)N2Cc2ccccc21. The number of fused-ring (bicyclic) bond motifs is 2. The maximum Gasteiger partial charge on any atom is 0.322 e. The van der Waals surface area contributed by atoms with Crippen LogP contribution in [-0.4, -0.2) is 48.1 Å². The van der Waals surface area contributed by atoms with Crippen LogP contribution in [0.25, 0.3) is 0 Å². The smallest absolute Gasteiger partial charge is 0.322 e. The molecule has 0 radical (unpaired) electrons. The Morgan fingerprint density at radius 1 is 1.03 bits per heavy atom. The molecule has 0 bridgehead atoms. The molecule has 2 aromatic rings. The summed E-state index contributed by atoms with van der Waals surface area (Å²) >= 11 is 0.